The van der Waals surface area contributed by atoms with E-state index in [1.165, 1.54) is 38.5 Å². The van der Waals surface area contributed by atoms with E-state index in [1.54, 1.807) is 0 Å². The van der Waals surface area contributed by atoms with E-state index in [4.69, 9.17) is 9.47 Å². The van der Waals surface area contributed by atoms with E-state index >= 15 is 0 Å². The molecule has 0 aliphatic rings. The van der Waals surface area contributed by atoms with Crippen molar-refractivity contribution in [1.29, 1.82) is 0 Å². The van der Waals surface area contributed by atoms with Gasteiger partial charge in [-0.25, -0.2) is 0 Å². The minimum atomic E-state index is -0.0352. The van der Waals surface area contributed by atoms with Crippen LogP contribution in [0.3, 0.4) is 0 Å². The molecule has 172 valence electrons. The fraction of sp³-hybridized carbons (Fsp3) is 0.917. The number of carbonyl (C=O) groups is 2. The highest BCUT2D eigenvalue weighted by atomic mass is 16.5. The predicted octanol–water partition coefficient (Wildman–Crippen LogP) is 5.94. The summed E-state index contributed by atoms with van der Waals surface area (Å²) in [6, 6.07) is 0. The van der Waals surface area contributed by atoms with Crippen molar-refractivity contribution in [2.24, 2.45) is 0 Å². The Hall–Kier alpha value is -1.10. The summed E-state index contributed by atoms with van der Waals surface area (Å²) < 4.78 is 10.3. The van der Waals surface area contributed by atoms with Crippen molar-refractivity contribution in [3.05, 3.63) is 0 Å². The van der Waals surface area contributed by atoms with Crippen LogP contribution in [0.25, 0.3) is 0 Å². The van der Waals surface area contributed by atoms with Crippen molar-refractivity contribution in [3.63, 3.8) is 0 Å². The molecule has 0 aliphatic carbocycles. The molecule has 0 rings (SSSR count). The number of hydrogen-bond donors (Lipinski definition) is 1. The molecule has 0 aromatic carbocycles. The lowest BCUT2D eigenvalue weighted by Crippen LogP contribution is -2.16. The number of esters is 2. The van der Waals surface area contributed by atoms with Crippen LogP contribution >= 0.6 is 0 Å². The molecule has 29 heavy (non-hydrogen) atoms. The fourth-order valence-corrected chi connectivity index (χ4v) is 3.03. The molecule has 0 spiro atoms. The summed E-state index contributed by atoms with van der Waals surface area (Å²) in [5, 5.41) is 3.51. The second-order valence-corrected chi connectivity index (χ2v) is 7.93. The van der Waals surface area contributed by atoms with Crippen LogP contribution < -0.4 is 5.32 Å². The van der Waals surface area contributed by atoms with Crippen LogP contribution in [0.5, 0.6) is 0 Å². The van der Waals surface area contributed by atoms with E-state index in [1.807, 2.05) is 0 Å². The van der Waals surface area contributed by atoms with Crippen molar-refractivity contribution in [2.75, 3.05) is 26.3 Å². The molecule has 0 atom stereocenters. The summed E-state index contributed by atoms with van der Waals surface area (Å²) in [7, 11) is 0. The molecular formula is C24H47NO4. The third-order valence-electron chi connectivity index (χ3n) is 4.99. The normalized spacial score (nSPS) is 10.8. The number of hydrogen-bond acceptors (Lipinski definition) is 5. The molecule has 5 nitrogen and oxygen atoms in total. The Balaban J connectivity index is 3.15. The zero-order valence-corrected chi connectivity index (χ0v) is 19.3. The van der Waals surface area contributed by atoms with E-state index in [9.17, 15) is 9.59 Å². The Bertz CT molecular complexity index is 340. The van der Waals surface area contributed by atoms with Crippen molar-refractivity contribution < 1.29 is 19.1 Å². The van der Waals surface area contributed by atoms with Gasteiger partial charge in [0.15, 0.2) is 0 Å². The van der Waals surface area contributed by atoms with Crippen molar-refractivity contribution in [2.45, 2.75) is 117 Å². The van der Waals surface area contributed by atoms with Crippen LogP contribution in [0.4, 0.5) is 0 Å². The van der Waals surface area contributed by atoms with Crippen molar-refractivity contribution in [3.8, 4) is 0 Å². The van der Waals surface area contributed by atoms with Gasteiger partial charge in [0, 0.05) is 12.8 Å². The molecule has 0 saturated heterocycles. The Kier molecular flexibility index (Phi) is 22.3. The van der Waals surface area contributed by atoms with Crippen LogP contribution in [0.1, 0.15) is 117 Å². The molecule has 0 aromatic heterocycles. The smallest absolute Gasteiger partial charge is 0.305 e. The van der Waals surface area contributed by atoms with Gasteiger partial charge in [0.2, 0.25) is 0 Å². The molecule has 0 radical (unpaired) electrons. The maximum Gasteiger partial charge on any atom is 0.305 e. The maximum absolute atomic E-state index is 11.5. The molecule has 0 amide bonds. The number of carbonyl (C=O) groups excluding carboxylic acids is 2. The zero-order chi connectivity index (χ0) is 21.4. The molecule has 1 N–H and O–H groups in total. The third-order valence-corrected chi connectivity index (χ3v) is 4.99. The lowest BCUT2D eigenvalue weighted by molar-refractivity contribution is -0.144. The highest BCUT2D eigenvalue weighted by molar-refractivity contribution is 5.69. The van der Waals surface area contributed by atoms with Gasteiger partial charge in [-0.05, 0) is 51.6 Å². The van der Waals surface area contributed by atoms with Crippen LogP contribution in [0.2, 0.25) is 0 Å². The molecule has 0 unspecified atom stereocenters. The average molecular weight is 414 g/mol. The van der Waals surface area contributed by atoms with Gasteiger partial charge in [-0.3, -0.25) is 9.59 Å². The van der Waals surface area contributed by atoms with E-state index in [2.05, 4.69) is 19.2 Å². The predicted molar refractivity (Wildman–Crippen MR) is 120 cm³/mol. The monoisotopic (exact) mass is 413 g/mol. The van der Waals surface area contributed by atoms with E-state index < -0.39 is 0 Å². The van der Waals surface area contributed by atoms with Gasteiger partial charge in [0.05, 0.1) is 13.2 Å². The summed E-state index contributed by atoms with van der Waals surface area (Å²) in [6.07, 6.45) is 16.6. The fourth-order valence-electron chi connectivity index (χ4n) is 3.03. The second-order valence-electron chi connectivity index (χ2n) is 7.93. The molecule has 0 aliphatic heterocycles. The minimum absolute atomic E-state index is 0.0352. The summed E-state index contributed by atoms with van der Waals surface area (Å²) in [6.45, 7) is 7.52. The Morgan fingerprint density at radius 2 is 0.931 bits per heavy atom. The number of unbranched alkanes of at least 4 members (excludes halogenated alkanes) is 10. The van der Waals surface area contributed by atoms with Crippen molar-refractivity contribution in [1.82, 2.24) is 5.32 Å². The summed E-state index contributed by atoms with van der Waals surface area (Å²) >= 11 is 0. The molecular weight excluding hydrogens is 366 g/mol. The van der Waals surface area contributed by atoms with E-state index in [0.29, 0.717) is 26.1 Å². The molecule has 5 heteroatoms. The van der Waals surface area contributed by atoms with Crippen LogP contribution in [-0.2, 0) is 19.1 Å². The molecule has 0 aromatic rings. The van der Waals surface area contributed by atoms with Gasteiger partial charge in [-0.1, -0.05) is 65.2 Å². The number of nitrogens with one attached hydrogen (secondary N) is 1. The maximum atomic E-state index is 11.5. The molecule has 0 heterocycles. The molecule has 0 fully saturated rings. The SMILES string of the molecule is CCCCOC(=O)CCCCCCCNCCCCCCCC(=O)OCCCC. The first-order valence-electron chi connectivity index (χ1n) is 12.2. The van der Waals surface area contributed by atoms with E-state index in [0.717, 1.165) is 64.5 Å². The Morgan fingerprint density at radius 1 is 0.552 bits per heavy atom. The average Bonchev–Trinajstić information content (AvgIpc) is 2.71. The molecule has 0 saturated carbocycles. The van der Waals surface area contributed by atoms with Crippen molar-refractivity contribution >= 4 is 11.9 Å². The minimum Gasteiger partial charge on any atom is -0.466 e. The quantitative estimate of drug-likeness (QED) is 0.176. The topological polar surface area (TPSA) is 64.6 Å². The highest BCUT2D eigenvalue weighted by Crippen LogP contribution is 2.07. The van der Waals surface area contributed by atoms with Gasteiger partial charge in [-0.15, -0.1) is 0 Å². The number of rotatable bonds is 22. The summed E-state index contributed by atoms with van der Waals surface area (Å²) in [5.74, 6) is -0.0703. The van der Waals surface area contributed by atoms with Gasteiger partial charge < -0.3 is 14.8 Å². The van der Waals surface area contributed by atoms with Gasteiger partial charge in [-0.2, -0.15) is 0 Å². The first-order valence-corrected chi connectivity index (χ1v) is 12.2. The zero-order valence-electron chi connectivity index (χ0n) is 19.3. The standard InChI is InChI=1S/C24H47NO4/c1-3-5-21-28-23(26)17-13-9-7-11-15-19-25-20-16-12-8-10-14-18-24(27)29-22-6-4-2/h25H,3-22H2,1-2H3. The first kappa shape index (κ1) is 27.9. The number of ether oxygens (including phenoxy) is 2. The Morgan fingerprint density at radius 3 is 1.34 bits per heavy atom. The van der Waals surface area contributed by atoms with Gasteiger partial charge in [0.1, 0.15) is 0 Å². The van der Waals surface area contributed by atoms with Crippen LogP contribution in [0, 0.1) is 0 Å². The highest BCUT2D eigenvalue weighted by Gasteiger charge is 2.03. The third kappa shape index (κ3) is 23.0. The molecule has 0 bridgehead atoms. The van der Waals surface area contributed by atoms with Gasteiger partial charge >= 0.3 is 11.9 Å². The second kappa shape index (κ2) is 23.2. The van der Waals surface area contributed by atoms with Crippen LogP contribution in [0.15, 0.2) is 0 Å². The lowest BCUT2D eigenvalue weighted by atomic mass is 10.1. The lowest BCUT2D eigenvalue weighted by Gasteiger charge is -2.06. The largest absolute Gasteiger partial charge is 0.466 e. The van der Waals surface area contributed by atoms with Gasteiger partial charge in [0.25, 0.3) is 0 Å². The first-order chi connectivity index (χ1) is 14.2. The summed E-state index contributed by atoms with van der Waals surface area (Å²) in [4.78, 5) is 22.9. The Labute approximate surface area is 179 Å². The summed E-state index contributed by atoms with van der Waals surface area (Å²) in [5.41, 5.74) is 0. The van der Waals surface area contributed by atoms with Crippen LogP contribution in [-0.4, -0.2) is 38.2 Å². The van der Waals surface area contributed by atoms with E-state index in [-0.39, 0.29) is 11.9 Å².